The highest BCUT2D eigenvalue weighted by atomic mass is 16.5. The summed E-state index contributed by atoms with van der Waals surface area (Å²) in [6.07, 6.45) is 0. The molecule has 104 valence electrons. The van der Waals surface area contributed by atoms with Gasteiger partial charge < -0.3 is 14.5 Å². The molecule has 4 heteroatoms. The second kappa shape index (κ2) is 7.28. The number of furan rings is 1. The van der Waals surface area contributed by atoms with Crippen molar-refractivity contribution in [1.82, 2.24) is 10.2 Å². The van der Waals surface area contributed by atoms with Crippen LogP contribution < -0.4 is 5.32 Å². The highest BCUT2D eigenvalue weighted by molar-refractivity contribution is 5.77. The van der Waals surface area contributed by atoms with E-state index in [1.165, 1.54) is 5.39 Å². The molecule has 2 aromatic rings. The molecule has 0 saturated carbocycles. The first kappa shape index (κ1) is 14.1. The molecule has 0 bridgehead atoms. The van der Waals surface area contributed by atoms with Crippen molar-refractivity contribution in [2.45, 2.75) is 6.54 Å². The van der Waals surface area contributed by atoms with E-state index in [4.69, 9.17) is 9.15 Å². The lowest BCUT2D eigenvalue weighted by Gasteiger charge is -2.15. The number of rotatable bonds is 8. The van der Waals surface area contributed by atoms with E-state index in [1.54, 1.807) is 7.11 Å². The van der Waals surface area contributed by atoms with E-state index >= 15 is 0 Å². The molecule has 0 spiro atoms. The van der Waals surface area contributed by atoms with Gasteiger partial charge in [-0.3, -0.25) is 4.90 Å². The van der Waals surface area contributed by atoms with Gasteiger partial charge in [0.05, 0.1) is 13.2 Å². The Morgan fingerprint density at radius 3 is 2.89 bits per heavy atom. The van der Waals surface area contributed by atoms with Crippen LogP contribution in [0.3, 0.4) is 0 Å². The van der Waals surface area contributed by atoms with Gasteiger partial charge in [-0.1, -0.05) is 18.2 Å². The van der Waals surface area contributed by atoms with Gasteiger partial charge in [0.15, 0.2) is 0 Å². The fourth-order valence-corrected chi connectivity index (χ4v) is 2.03. The average molecular weight is 262 g/mol. The third-order valence-corrected chi connectivity index (χ3v) is 3.06. The van der Waals surface area contributed by atoms with Crippen LogP contribution in [-0.2, 0) is 11.3 Å². The number of ether oxygens (including phenoxy) is 1. The summed E-state index contributed by atoms with van der Waals surface area (Å²) < 4.78 is 10.8. The third kappa shape index (κ3) is 4.35. The summed E-state index contributed by atoms with van der Waals surface area (Å²) in [5.41, 5.74) is 0.962. The van der Waals surface area contributed by atoms with E-state index in [0.717, 1.165) is 44.1 Å². The molecule has 19 heavy (non-hydrogen) atoms. The molecule has 1 aromatic heterocycles. The number of methoxy groups -OCH3 is 1. The van der Waals surface area contributed by atoms with Gasteiger partial charge in [-0.15, -0.1) is 0 Å². The van der Waals surface area contributed by atoms with Gasteiger partial charge in [-0.25, -0.2) is 0 Å². The molecule has 0 amide bonds. The van der Waals surface area contributed by atoms with Crippen LogP contribution in [0.15, 0.2) is 34.7 Å². The summed E-state index contributed by atoms with van der Waals surface area (Å²) in [7, 11) is 3.82. The third-order valence-electron chi connectivity index (χ3n) is 3.06. The minimum Gasteiger partial charge on any atom is -0.460 e. The Kier molecular flexibility index (Phi) is 5.39. The quantitative estimate of drug-likeness (QED) is 0.739. The van der Waals surface area contributed by atoms with Gasteiger partial charge in [0.2, 0.25) is 0 Å². The molecule has 1 aromatic carbocycles. The van der Waals surface area contributed by atoms with Gasteiger partial charge >= 0.3 is 0 Å². The molecule has 0 fully saturated rings. The van der Waals surface area contributed by atoms with Crippen LogP contribution in [0.2, 0.25) is 0 Å². The molecular formula is C15H22N2O2. The molecule has 0 unspecified atom stereocenters. The Balaban J connectivity index is 1.76. The van der Waals surface area contributed by atoms with Crippen molar-refractivity contribution in [3.05, 3.63) is 36.1 Å². The number of benzene rings is 1. The van der Waals surface area contributed by atoms with Crippen LogP contribution in [0.25, 0.3) is 11.0 Å². The van der Waals surface area contributed by atoms with Crippen LogP contribution in [0.5, 0.6) is 0 Å². The maximum Gasteiger partial charge on any atom is 0.134 e. The van der Waals surface area contributed by atoms with Crippen LogP contribution in [-0.4, -0.2) is 45.3 Å². The summed E-state index contributed by atoms with van der Waals surface area (Å²) in [4.78, 5) is 2.25. The summed E-state index contributed by atoms with van der Waals surface area (Å²) in [5, 5.41) is 4.50. The lowest BCUT2D eigenvalue weighted by molar-refractivity contribution is 0.197. The zero-order valence-electron chi connectivity index (χ0n) is 11.7. The first-order valence-electron chi connectivity index (χ1n) is 6.65. The fraction of sp³-hybridized carbons (Fsp3) is 0.467. The van der Waals surface area contributed by atoms with E-state index in [-0.39, 0.29) is 0 Å². The van der Waals surface area contributed by atoms with Crippen molar-refractivity contribution in [3.8, 4) is 0 Å². The minimum absolute atomic E-state index is 0.757. The lowest BCUT2D eigenvalue weighted by atomic mass is 10.2. The number of nitrogens with zero attached hydrogens (tertiary/aromatic N) is 1. The molecule has 0 aliphatic heterocycles. The predicted molar refractivity (Wildman–Crippen MR) is 77.3 cm³/mol. The topological polar surface area (TPSA) is 37.6 Å². The van der Waals surface area contributed by atoms with Crippen LogP contribution in [0, 0.1) is 0 Å². The highest BCUT2D eigenvalue weighted by Crippen LogP contribution is 2.19. The van der Waals surface area contributed by atoms with Crippen LogP contribution in [0.1, 0.15) is 5.76 Å². The van der Waals surface area contributed by atoms with Crippen molar-refractivity contribution in [1.29, 1.82) is 0 Å². The second-order valence-corrected chi connectivity index (χ2v) is 4.73. The first-order valence-corrected chi connectivity index (χ1v) is 6.65. The van der Waals surface area contributed by atoms with E-state index in [1.807, 2.05) is 18.2 Å². The van der Waals surface area contributed by atoms with Crippen molar-refractivity contribution in [2.75, 3.05) is 40.4 Å². The molecular weight excluding hydrogens is 240 g/mol. The van der Waals surface area contributed by atoms with E-state index < -0.39 is 0 Å². The summed E-state index contributed by atoms with van der Waals surface area (Å²) >= 11 is 0. The number of hydrogen-bond donors (Lipinski definition) is 1. The average Bonchev–Trinajstić information content (AvgIpc) is 2.80. The summed E-state index contributed by atoms with van der Waals surface area (Å²) in [6, 6.07) is 10.2. The van der Waals surface area contributed by atoms with E-state index in [9.17, 15) is 0 Å². The minimum atomic E-state index is 0.757. The van der Waals surface area contributed by atoms with Gasteiger partial charge in [0.1, 0.15) is 11.3 Å². The van der Waals surface area contributed by atoms with Crippen LogP contribution in [0.4, 0.5) is 0 Å². The van der Waals surface area contributed by atoms with Crippen LogP contribution >= 0.6 is 0 Å². The standard InChI is InChI=1S/C15H22N2O2/c1-17(9-7-16-8-10-18-2)12-14-11-13-5-3-4-6-15(13)19-14/h3-6,11,16H,7-10,12H2,1-2H3. The van der Waals surface area contributed by atoms with Crippen molar-refractivity contribution < 1.29 is 9.15 Å². The normalized spacial score (nSPS) is 11.5. The molecule has 2 rings (SSSR count). The molecule has 1 N–H and O–H groups in total. The first-order chi connectivity index (χ1) is 9.29. The van der Waals surface area contributed by atoms with E-state index in [2.05, 4.69) is 29.4 Å². The SMILES string of the molecule is COCCNCCN(C)Cc1cc2ccccc2o1. The molecule has 0 radical (unpaired) electrons. The lowest BCUT2D eigenvalue weighted by Crippen LogP contribution is -2.30. The van der Waals surface area contributed by atoms with Crippen molar-refractivity contribution in [2.24, 2.45) is 0 Å². The van der Waals surface area contributed by atoms with Gasteiger partial charge in [-0.05, 0) is 19.2 Å². The summed E-state index contributed by atoms with van der Waals surface area (Å²) in [6.45, 7) is 4.43. The number of fused-ring (bicyclic) bond motifs is 1. The number of nitrogens with one attached hydrogen (secondary N) is 1. The Morgan fingerprint density at radius 2 is 2.11 bits per heavy atom. The van der Waals surface area contributed by atoms with Crippen molar-refractivity contribution in [3.63, 3.8) is 0 Å². The van der Waals surface area contributed by atoms with Gasteiger partial charge in [0.25, 0.3) is 0 Å². The molecule has 0 atom stereocenters. The predicted octanol–water partition coefficient (Wildman–Crippen LogP) is 2.10. The molecule has 1 heterocycles. The molecule has 0 aliphatic rings. The maximum absolute atomic E-state index is 5.80. The number of likely N-dealkylation sites (N-methyl/N-ethyl adjacent to an activating group) is 1. The summed E-state index contributed by atoms with van der Waals surface area (Å²) in [5.74, 6) is 1.01. The molecule has 0 saturated heterocycles. The fourth-order valence-electron chi connectivity index (χ4n) is 2.03. The molecule has 4 nitrogen and oxygen atoms in total. The Morgan fingerprint density at radius 1 is 1.26 bits per heavy atom. The number of para-hydroxylation sites is 1. The largest absolute Gasteiger partial charge is 0.460 e. The smallest absolute Gasteiger partial charge is 0.134 e. The Labute approximate surface area is 114 Å². The van der Waals surface area contributed by atoms with Gasteiger partial charge in [0, 0.05) is 32.1 Å². The zero-order valence-corrected chi connectivity index (χ0v) is 11.7. The highest BCUT2D eigenvalue weighted by Gasteiger charge is 2.05. The van der Waals surface area contributed by atoms with Gasteiger partial charge in [-0.2, -0.15) is 0 Å². The zero-order chi connectivity index (χ0) is 13.5. The van der Waals surface area contributed by atoms with E-state index in [0.29, 0.717) is 0 Å². The maximum atomic E-state index is 5.80. The molecule has 0 aliphatic carbocycles. The monoisotopic (exact) mass is 262 g/mol. The number of hydrogen-bond acceptors (Lipinski definition) is 4. The second-order valence-electron chi connectivity index (χ2n) is 4.73. The van der Waals surface area contributed by atoms with Crippen molar-refractivity contribution >= 4 is 11.0 Å². The Bertz CT molecular complexity index is 463. The Hall–Kier alpha value is -1.36.